The number of aryl methyl sites for hydroxylation is 1. The zero-order chi connectivity index (χ0) is 49.3. The summed E-state index contributed by atoms with van der Waals surface area (Å²) in [4.78, 5) is 2.49. The van der Waals surface area contributed by atoms with E-state index in [0.29, 0.717) is 0 Å². The van der Waals surface area contributed by atoms with Crippen LogP contribution in [0.15, 0.2) is 203 Å². The monoisotopic (exact) mass is 939 g/mol. The molecule has 0 bridgehead atoms. The van der Waals surface area contributed by atoms with E-state index in [1.165, 1.54) is 99.6 Å². The summed E-state index contributed by atoms with van der Waals surface area (Å²) in [5.41, 5.74) is 28.0. The standard InChI is InChI=1S/C70H53NO2/c1-40-18-17-21-44(36-40)71(46-33-35-49-55(38-46)70(6,7)64-60(49)62-51-24-13-16-27-58(51)73-67(62)63-47-22-11-14-25-53(47)69(4,5)65(63)64)45-32-34-48-54(37-45)68(2,3)56-39-52(43-30-28-42(29-31-43)41-19-9-8-10-20-41)66-61(59(48)56)50-23-12-15-26-57(50)72-66/h8-39H,1-7H3. The second-order valence-corrected chi connectivity index (χ2v) is 22.4. The minimum Gasteiger partial charge on any atom is -0.455 e. The maximum Gasteiger partial charge on any atom is 0.144 e. The highest BCUT2D eigenvalue weighted by atomic mass is 16.3. The Labute approximate surface area is 426 Å². The van der Waals surface area contributed by atoms with E-state index in [0.717, 1.165) is 55.9 Å². The Morgan fingerprint density at radius 3 is 1.56 bits per heavy atom. The molecule has 2 heterocycles. The van der Waals surface area contributed by atoms with Crippen molar-refractivity contribution in [1.29, 1.82) is 0 Å². The lowest BCUT2D eigenvalue weighted by Crippen LogP contribution is -2.24. The molecule has 3 aliphatic carbocycles. The summed E-state index contributed by atoms with van der Waals surface area (Å²) in [6, 6.07) is 71.6. The van der Waals surface area contributed by atoms with E-state index in [1.807, 2.05) is 0 Å². The number of anilines is 3. The summed E-state index contributed by atoms with van der Waals surface area (Å²) in [7, 11) is 0. The fraction of sp³-hybridized carbons (Fsp3) is 0.143. The van der Waals surface area contributed by atoms with Crippen molar-refractivity contribution >= 4 is 60.9 Å². The lowest BCUT2D eigenvalue weighted by atomic mass is 9.72. The van der Waals surface area contributed by atoms with Gasteiger partial charge in [0.2, 0.25) is 0 Å². The summed E-state index contributed by atoms with van der Waals surface area (Å²) < 4.78 is 13.9. The van der Waals surface area contributed by atoms with E-state index in [4.69, 9.17) is 8.83 Å². The number of hydrogen-bond acceptors (Lipinski definition) is 3. The zero-order valence-corrected chi connectivity index (χ0v) is 42.2. The molecule has 73 heavy (non-hydrogen) atoms. The Hall–Kier alpha value is -8.40. The van der Waals surface area contributed by atoms with Crippen LogP contribution in [0.25, 0.3) is 99.5 Å². The zero-order valence-electron chi connectivity index (χ0n) is 42.2. The van der Waals surface area contributed by atoms with E-state index in [-0.39, 0.29) is 16.2 Å². The molecule has 15 rings (SSSR count). The highest BCUT2D eigenvalue weighted by molar-refractivity contribution is 6.21. The van der Waals surface area contributed by atoms with Gasteiger partial charge < -0.3 is 13.7 Å². The van der Waals surface area contributed by atoms with Crippen LogP contribution in [0.2, 0.25) is 0 Å². The molecule has 0 saturated carbocycles. The number of benzene rings is 10. The third-order valence-corrected chi connectivity index (χ3v) is 17.2. The van der Waals surface area contributed by atoms with Gasteiger partial charge >= 0.3 is 0 Å². The summed E-state index contributed by atoms with van der Waals surface area (Å²) in [6.45, 7) is 16.7. The first-order valence-electron chi connectivity index (χ1n) is 25.8. The predicted octanol–water partition coefficient (Wildman–Crippen LogP) is 19.5. The molecular weight excluding hydrogens is 887 g/mol. The molecule has 0 fully saturated rings. The van der Waals surface area contributed by atoms with Gasteiger partial charge in [-0.15, -0.1) is 0 Å². The van der Waals surface area contributed by atoms with Crippen LogP contribution in [0, 0.1) is 6.92 Å². The van der Waals surface area contributed by atoms with Gasteiger partial charge in [0.15, 0.2) is 0 Å². The third kappa shape index (κ3) is 5.65. The van der Waals surface area contributed by atoms with E-state index >= 15 is 0 Å². The Morgan fingerprint density at radius 2 is 0.863 bits per heavy atom. The molecule has 0 unspecified atom stereocenters. The molecule has 10 aromatic carbocycles. The van der Waals surface area contributed by atoms with Gasteiger partial charge in [-0.25, -0.2) is 0 Å². The largest absolute Gasteiger partial charge is 0.455 e. The molecule has 0 atom stereocenters. The number of nitrogens with zero attached hydrogens (tertiary/aromatic N) is 1. The summed E-state index contributed by atoms with van der Waals surface area (Å²) in [6.07, 6.45) is 0. The minimum atomic E-state index is -0.325. The Bertz CT molecular complexity index is 4350. The van der Waals surface area contributed by atoms with Crippen molar-refractivity contribution in [1.82, 2.24) is 0 Å². The van der Waals surface area contributed by atoms with Crippen molar-refractivity contribution in [3.63, 3.8) is 0 Å². The van der Waals surface area contributed by atoms with Gasteiger partial charge in [0.25, 0.3) is 0 Å². The highest BCUT2D eigenvalue weighted by Gasteiger charge is 2.49. The van der Waals surface area contributed by atoms with Gasteiger partial charge in [0.05, 0.1) is 0 Å². The SMILES string of the molecule is Cc1cccc(N(c2ccc3c(c2)C(C)(C)c2cc(-c4ccc(-c5ccccc5)cc4)c4oc5ccccc5c4c2-3)c2ccc3c(c2)C(C)(C)c2c4c(c5oc6ccccc6c5c2-3)-c2ccccc2C4(C)C)c1. The molecule has 0 aliphatic heterocycles. The number of furan rings is 2. The fourth-order valence-corrected chi connectivity index (χ4v) is 13.8. The van der Waals surface area contributed by atoms with Crippen molar-refractivity contribution in [3.8, 4) is 55.6 Å². The quantitative estimate of drug-likeness (QED) is 0.172. The average molecular weight is 940 g/mol. The summed E-state index contributed by atoms with van der Waals surface area (Å²) in [5, 5.41) is 4.72. The molecule has 3 heteroatoms. The van der Waals surface area contributed by atoms with Gasteiger partial charge in [-0.05, 0) is 145 Å². The molecule has 3 nitrogen and oxygen atoms in total. The number of para-hydroxylation sites is 2. The van der Waals surface area contributed by atoms with Crippen LogP contribution in [0.4, 0.5) is 17.1 Å². The van der Waals surface area contributed by atoms with Crippen LogP contribution in [0.5, 0.6) is 0 Å². The van der Waals surface area contributed by atoms with E-state index in [2.05, 4.69) is 247 Å². The fourth-order valence-electron chi connectivity index (χ4n) is 13.8. The molecule has 0 radical (unpaired) electrons. The molecule has 0 N–H and O–H groups in total. The molecule has 350 valence electrons. The van der Waals surface area contributed by atoms with Gasteiger partial charge in [0.1, 0.15) is 22.3 Å². The first-order chi connectivity index (χ1) is 35.4. The maximum atomic E-state index is 6.99. The van der Waals surface area contributed by atoms with Crippen LogP contribution >= 0.6 is 0 Å². The topological polar surface area (TPSA) is 29.5 Å². The summed E-state index contributed by atoms with van der Waals surface area (Å²) >= 11 is 0. The van der Waals surface area contributed by atoms with Crippen molar-refractivity contribution in [3.05, 3.63) is 233 Å². The van der Waals surface area contributed by atoms with Crippen molar-refractivity contribution in [2.24, 2.45) is 0 Å². The normalized spacial score (nSPS) is 15.1. The first kappa shape index (κ1) is 42.3. The molecule has 0 spiro atoms. The molecule has 0 amide bonds. The first-order valence-corrected chi connectivity index (χ1v) is 25.8. The van der Waals surface area contributed by atoms with Gasteiger partial charge in [-0.1, -0.05) is 181 Å². The van der Waals surface area contributed by atoms with Crippen molar-refractivity contribution in [2.75, 3.05) is 4.90 Å². The second kappa shape index (κ2) is 14.6. The minimum absolute atomic E-state index is 0.226. The lowest BCUT2D eigenvalue weighted by Gasteiger charge is -2.32. The molecular formula is C70H53NO2. The maximum absolute atomic E-state index is 6.99. The lowest BCUT2D eigenvalue weighted by molar-refractivity contribution is 0.600. The van der Waals surface area contributed by atoms with Crippen LogP contribution in [0.3, 0.4) is 0 Å². The third-order valence-electron chi connectivity index (χ3n) is 17.2. The second-order valence-electron chi connectivity index (χ2n) is 22.4. The molecule has 3 aliphatic rings. The van der Waals surface area contributed by atoms with E-state index < -0.39 is 0 Å². The van der Waals surface area contributed by atoms with Crippen molar-refractivity contribution in [2.45, 2.75) is 64.7 Å². The Kier molecular flexibility index (Phi) is 8.47. The van der Waals surface area contributed by atoms with Crippen molar-refractivity contribution < 1.29 is 8.83 Å². The molecule has 12 aromatic rings. The van der Waals surface area contributed by atoms with E-state index in [1.54, 1.807) is 0 Å². The highest BCUT2D eigenvalue weighted by Crippen LogP contribution is 2.64. The molecule has 0 saturated heterocycles. The number of hydrogen-bond donors (Lipinski definition) is 0. The van der Waals surface area contributed by atoms with Crippen LogP contribution < -0.4 is 4.90 Å². The van der Waals surface area contributed by atoms with Gasteiger partial charge in [-0.3, -0.25) is 0 Å². The Morgan fingerprint density at radius 1 is 0.342 bits per heavy atom. The predicted molar refractivity (Wildman–Crippen MR) is 304 cm³/mol. The van der Waals surface area contributed by atoms with Crippen LogP contribution in [-0.2, 0) is 16.2 Å². The summed E-state index contributed by atoms with van der Waals surface area (Å²) in [5.74, 6) is 0. The molecule has 2 aromatic heterocycles. The number of fused-ring (bicyclic) bond motifs is 19. The number of rotatable bonds is 5. The van der Waals surface area contributed by atoms with Crippen LogP contribution in [0.1, 0.15) is 80.5 Å². The smallest absolute Gasteiger partial charge is 0.144 e. The van der Waals surface area contributed by atoms with Gasteiger partial charge in [0, 0.05) is 66.0 Å². The van der Waals surface area contributed by atoms with Crippen LogP contribution in [-0.4, -0.2) is 0 Å². The van der Waals surface area contributed by atoms with Gasteiger partial charge in [-0.2, -0.15) is 0 Å². The Balaban J connectivity index is 0.918. The average Bonchev–Trinajstić information content (AvgIpc) is 4.16. The van der Waals surface area contributed by atoms with E-state index in [9.17, 15) is 0 Å².